The molecule has 1 amide bonds. The lowest BCUT2D eigenvalue weighted by Crippen LogP contribution is -2.27. The minimum absolute atomic E-state index is 0.114. The summed E-state index contributed by atoms with van der Waals surface area (Å²) in [6.45, 7) is 0.531. The summed E-state index contributed by atoms with van der Waals surface area (Å²) in [6.07, 6.45) is 0.885. The molecule has 1 aromatic rings. The maximum Gasteiger partial charge on any atom is 0.337 e. The van der Waals surface area contributed by atoms with Crippen molar-refractivity contribution >= 4 is 17.6 Å². The molecule has 0 aliphatic carbocycles. The third kappa shape index (κ3) is 2.60. The van der Waals surface area contributed by atoms with Crippen LogP contribution in [0.4, 0.5) is 5.69 Å². The first-order chi connectivity index (χ1) is 8.58. The van der Waals surface area contributed by atoms with E-state index in [9.17, 15) is 14.7 Å². The van der Waals surface area contributed by atoms with Gasteiger partial charge < -0.3 is 20.3 Å². The normalized spacial score (nSPS) is 18.6. The van der Waals surface area contributed by atoms with Gasteiger partial charge in [-0.2, -0.15) is 0 Å². The number of carboxylic acids is 1. The Morgan fingerprint density at radius 1 is 1.44 bits per heavy atom. The number of aromatic carboxylic acids is 1. The molecular weight excluding hydrogens is 238 g/mol. The van der Waals surface area contributed by atoms with Crippen molar-refractivity contribution in [1.29, 1.82) is 0 Å². The molecule has 2 N–H and O–H groups in total. The van der Waals surface area contributed by atoms with Crippen molar-refractivity contribution in [3.05, 3.63) is 23.8 Å². The van der Waals surface area contributed by atoms with Gasteiger partial charge in [-0.05, 0) is 18.9 Å². The van der Waals surface area contributed by atoms with Gasteiger partial charge in [0.25, 0.3) is 5.91 Å². The number of benzene rings is 1. The van der Waals surface area contributed by atoms with Gasteiger partial charge in [-0.25, -0.2) is 4.79 Å². The van der Waals surface area contributed by atoms with Gasteiger partial charge in [0.1, 0.15) is 6.10 Å². The number of amides is 1. The highest BCUT2D eigenvalue weighted by atomic mass is 16.5. The molecule has 1 fully saturated rings. The van der Waals surface area contributed by atoms with Crippen molar-refractivity contribution in [3.63, 3.8) is 0 Å². The van der Waals surface area contributed by atoms with Gasteiger partial charge in [0.15, 0.2) is 0 Å². The van der Waals surface area contributed by atoms with E-state index in [1.54, 1.807) is 0 Å². The van der Waals surface area contributed by atoms with E-state index < -0.39 is 17.8 Å². The quantitative estimate of drug-likeness (QED) is 0.817. The summed E-state index contributed by atoms with van der Waals surface area (Å²) in [6, 6.07) is 3.48. The molecule has 1 aliphatic rings. The number of hydrogen-bond donors (Lipinski definition) is 2. The smallest absolute Gasteiger partial charge is 0.337 e. The lowest BCUT2D eigenvalue weighted by Gasteiger charge is -2.14. The van der Waals surface area contributed by atoms with E-state index in [2.05, 4.69) is 5.32 Å². The summed E-state index contributed by atoms with van der Waals surface area (Å²) in [5, 5.41) is 22.5. The summed E-state index contributed by atoms with van der Waals surface area (Å²) in [5.74, 6) is -2.05. The fourth-order valence-corrected chi connectivity index (χ4v) is 1.81. The maximum atomic E-state index is 11.8. The highest BCUT2D eigenvalue weighted by Gasteiger charge is 2.24. The van der Waals surface area contributed by atoms with E-state index in [4.69, 9.17) is 9.84 Å². The van der Waals surface area contributed by atoms with Crippen molar-refractivity contribution in [3.8, 4) is 5.75 Å². The summed E-state index contributed by atoms with van der Waals surface area (Å²) in [5.41, 5.74) is -0.101. The first-order valence-corrected chi connectivity index (χ1v) is 5.55. The fourth-order valence-electron chi connectivity index (χ4n) is 1.81. The Hall–Kier alpha value is -2.08. The molecule has 18 heavy (non-hydrogen) atoms. The third-order valence-corrected chi connectivity index (χ3v) is 2.70. The van der Waals surface area contributed by atoms with Crippen molar-refractivity contribution in [2.24, 2.45) is 0 Å². The molecule has 0 saturated carbocycles. The number of hydrogen-bond acceptors (Lipinski definition) is 4. The van der Waals surface area contributed by atoms with Gasteiger partial charge >= 0.3 is 5.97 Å². The largest absolute Gasteiger partial charge is 0.872 e. The standard InChI is InChI=1S/C12H13NO5/c14-7-3-4-9(8(6-7)12(16)17)13-11(15)10-2-1-5-18-10/h3-4,6,10,14H,1-2,5H2,(H,13,15)(H,16,17)/p-1/t10-/m0/s1. The highest BCUT2D eigenvalue weighted by Crippen LogP contribution is 2.21. The van der Waals surface area contributed by atoms with Crippen LogP contribution in [0.5, 0.6) is 5.75 Å². The van der Waals surface area contributed by atoms with Crippen molar-refractivity contribution in [1.82, 2.24) is 0 Å². The minimum atomic E-state index is -1.25. The maximum absolute atomic E-state index is 11.8. The first kappa shape index (κ1) is 12.4. The number of rotatable bonds is 3. The van der Waals surface area contributed by atoms with Crippen LogP contribution in [0.3, 0.4) is 0 Å². The van der Waals surface area contributed by atoms with Gasteiger partial charge in [-0.3, -0.25) is 4.79 Å². The molecule has 6 heteroatoms. The Bertz CT molecular complexity index is 479. The van der Waals surface area contributed by atoms with E-state index in [0.29, 0.717) is 13.0 Å². The van der Waals surface area contributed by atoms with Crippen LogP contribution in [0.15, 0.2) is 18.2 Å². The van der Waals surface area contributed by atoms with Crippen LogP contribution in [0.1, 0.15) is 23.2 Å². The molecule has 0 bridgehead atoms. The molecule has 1 aromatic carbocycles. The average molecular weight is 250 g/mol. The molecule has 1 heterocycles. The third-order valence-electron chi connectivity index (χ3n) is 2.70. The van der Waals surface area contributed by atoms with Crippen LogP contribution in [0, 0.1) is 0 Å². The van der Waals surface area contributed by atoms with E-state index in [0.717, 1.165) is 12.5 Å². The van der Waals surface area contributed by atoms with Crippen LogP contribution >= 0.6 is 0 Å². The monoisotopic (exact) mass is 250 g/mol. The molecule has 2 rings (SSSR count). The Balaban J connectivity index is 2.17. The summed E-state index contributed by atoms with van der Waals surface area (Å²) < 4.78 is 5.19. The molecule has 1 saturated heterocycles. The van der Waals surface area contributed by atoms with Crippen LogP contribution in [0.2, 0.25) is 0 Å². The van der Waals surface area contributed by atoms with E-state index in [1.807, 2.05) is 0 Å². The number of carboxylic acid groups (broad SMARTS) is 1. The van der Waals surface area contributed by atoms with Crippen LogP contribution < -0.4 is 10.4 Å². The lowest BCUT2D eigenvalue weighted by atomic mass is 10.1. The van der Waals surface area contributed by atoms with E-state index >= 15 is 0 Å². The van der Waals surface area contributed by atoms with Gasteiger partial charge in [0, 0.05) is 6.61 Å². The van der Waals surface area contributed by atoms with E-state index in [1.165, 1.54) is 12.1 Å². The molecular formula is C12H12NO5-. The molecule has 0 unspecified atom stereocenters. The second-order valence-corrected chi connectivity index (χ2v) is 4.00. The minimum Gasteiger partial charge on any atom is -0.872 e. The lowest BCUT2D eigenvalue weighted by molar-refractivity contribution is -0.268. The molecule has 1 aliphatic heterocycles. The Kier molecular flexibility index (Phi) is 3.47. The zero-order chi connectivity index (χ0) is 13.1. The topological polar surface area (TPSA) is 98.7 Å². The van der Waals surface area contributed by atoms with Gasteiger partial charge in [0.2, 0.25) is 0 Å². The zero-order valence-electron chi connectivity index (χ0n) is 9.51. The van der Waals surface area contributed by atoms with Gasteiger partial charge in [-0.15, -0.1) is 5.75 Å². The van der Waals surface area contributed by atoms with Gasteiger partial charge in [-0.1, -0.05) is 12.1 Å². The van der Waals surface area contributed by atoms with Crippen molar-refractivity contribution in [2.75, 3.05) is 11.9 Å². The SMILES string of the molecule is O=C(O)c1cc([O-])ccc1NC(=O)[C@@H]1CCCO1. The Morgan fingerprint density at radius 2 is 2.22 bits per heavy atom. The first-order valence-electron chi connectivity index (χ1n) is 5.55. The van der Waals surface area contributed by atoms with Crippen LogP contribution in [-0.2, 0) is 9.53 Å². The molecule has 0 spiro atoms. The second-order valence-electron chi connectivity index (χ2n) is 4.00. The van der Waals surface area contributed by atoms with Crippen molar-refractivity contribution < 1.29 is 24.5 Å². The summed E-state index contributed by atoms with van der Waals surface area (Å²) in [4.78, 5) is 22.7. The van der Waals surface area contributed by atoms with Crippen LogP contribution in [-0.4, -0.2) is 29.7 Å². The van der Waals surface area contributed by atoms with E-state index in [-0.39, 0.29) is 17.2 Å². The number of nitrogens with one attached hydrogen (secondary N) is 1. The number of carbonyl (C=O) groups is 2. The molecule has 0 aromatic heterocycles. The number of carbonyl (C=O) groups excluding carboxylic acids is 1. The molecule has 6 nitrogen and oxygen atoms in total. The number of anilines is 1. The molecule has 96 valence electrons. The Morgan fingerprint density at radius 3 is 2.83 bits per heavy atom. The Labute approximate surface area is 103 Å². The predicted octanol–water partition coefficient (Wildman–Crippen LogP) is 0.576. The average Bonchev–Trinajstić information content (AvgIpc) is 2.84. The summed E-state index contributed by atoms with van der Waals surface area (Å²) >= 11 is 0. The predicted molar refractivity (Wildman–Crippen MR) is 60.5 cm³/mol. The van der Waals surface area contributed by atoms with Gasteiger partial charge in [0.05, 0.1) is 11.3 Å². The highest BCUT2D eigenvalue weighted by molar-refractivity contribution is 6.02. The van der Waals surface area contributed by atoms with Crippen LogP contribution in [0.25, 0.3) is 0 Å². The zero-order valence-corrected chi connectivity index (χ0v) is 9.51. The molecule has 1 atom stereocenters. The second kappa shape index (κ2) is 5.05. The molecule has 0 radical (unpaired) electrons. The fraction of sp³-hybridized carbons (Fsp3) is 0.333. The number of ether oxygens (including phenoxy) is 1. The summed E-state index contributed by atoms with van der Waals surface area (Å²) in [7, 11) is 0. The van der Waals surface area contributed by atoms with Crippen molar-refractivity contribution in [2.45, 2.75) is 18.9 Å².